The number of furan rings is 1. The molecule has 1 unspecified atom stereocenters. The molecule has 3 heterocycles. The molecule has 168 valence electrons. The quantitative estimate of drug-likeness (QED) is 0.587. The molecule has 1 atom stereocenters. The van der Waals surface area contributed by atoms with Gasteiger partial charge in [-0.05, 0) is 50.2 Å². The van der Waals surface area contributed by atoms with Crippen molar-refractivity contribution in [2.75, 3.05) is 52.5 Å². The van der Waals surface area contributed by atoms with Crippen LogP contribution in [0.3, 0.4) is 0 Å². The number of carbonyl (C=O) groups excluding carboxylic acids is 1. The van der Waals surface area contributed by atoms with Crippen LogP contribution in [-0.4, -0.2) is 75.9 Å². The zero-order valence-corrected chi connectivity index (χ0v) is 18.4. The van der Waals surface area contributed by atoms with E-state index in [4.69, 9.17) is 9.15 Å². The summed E-state index contributed by atoms with van der Waals surface area (Å²) in [6, 6.07) is 10.2. The molecular formula is C22H29N3O5S. The molecule has 1 aromatic heterocycles. The SMILES string of the molecule is O=C(CNCC(c1ccco1)N1CCCC1)c1cccc(S(=O)(=O)N2CCOCC2)c1. The zero-order chi connectivity index (χ0) is 21.7. The highest BCUT2D eigenvalue weighted by atomic mass is 32.2. The number of ketones is 1. The smallest absolute Gasteiger partial charge is 0.243 e. The molecule has 4 rings (SSSR count). The molecule has 1 aromatic carbocycles. The van der Waals surface area contributed by atoms with Gasteiger partial charge in [-0.15, -0.1) is 0 Å². The van der Waals surface area contributed by atoms with Crippen LogP contribution >= 0.6 is 0 Å². The molecule has 8 nitrogen and oxygen atoms in total. The number of hydrogen-bond acceptors (Lipinski definition) is 7. The van der Waals surface area contributed by atoms with E-state index >= 15 is 0 Å². The fourth-order valence-corrected chi connectivity index (χ4v) is 5.59. The van der Waals surface area contributed by atoms with Gasteiger partial charge in [-0.3, -0.25) is 9.69 Å². The van der Waals surface area contributed by atoms with E-state index in [1.165, 1.54) is 29.3 Å². The van der Waals surface area contributed by atoms with Crippen molar-refractivity contribution in [2.45, 2.75) is 23.8 Å². The highest BCUT2D eigenvalue weighted by molar-refractivity contribution is 7.89. The summed E-state index contributed by atoms with van der Waals surface area (Å²) in [5.41, 5.74) is 0.387. The first-order valence-electron chi connectivity index (χ1n) is 10.7. The largest absolute Gasteiger partial charge is 0.468 e. The Hall–Kier alpha value is -2.04. The Morgan fingerprint density at radius 3 is 2.55 bits per heavy atom. The molecule has 31 heavy (non-hydrogen) atoms. The van der Waals surface area contributed by atoms with Gasteiger partial charge < -0.3 is 14.5 Å². The fourth-order valence-electron chi connectivity index (χ4n) is 4.13. The molecule has 2 aliphatic heterocycles. The fraction of sp³-hybridized carbons (Fsp3) is 0.500. The van der Waals surface area contributed by atoms with E-state index in [1.54, 1.807) is 18.4 Å². The van der Waals surface area contributed by atoms with Crippen molar-refractivity contribution >= 4 is 15.8 Å². The van der Waals surface area contributed by atoms with E-state index in [1.807, 2.05) is 12.1 Å². The summed E-state index contributed by atoms with van der Waals surface area (Å²) < 4.78 is 38.0. The molecular weight excluding hydrogens is 418 g/mol. The maximum Gasteiger partial charge on any atom is 0.243 e. The Labute approximate surface area is 183 Å². The summed E-state index contributed by atoms with van der Waals surface area (Å²) in [7, 11) is -3.63. The minimum Gasteiger partial charge on any atom is -0.468 e. The van der Waals surface area contributed by atoms with Gasteiger partial charge in [0.05, 0.1) is 37.0 Å². The van der Waals surface area contributed by atoms with Crippen molar-refractivity contribution in [3.8, 4) is 0 Å². The predicted octanol–water partition coefficient (Wildman–Crippen LogP) is 1.91. The van der Waals surface area contributed by atoms with Gasteiger partial charge in [0.15, 0.2) is 5.78 Å². The van der Waals surface area contributed by atoms with Crippen molar-refractivity contribution in [3.05, 3.63) is 54.0 Å². The molecule has 2 saturated heterocycles. The first-order chi connectivity index (χ1) is 15.1. The van der Waals surface area contributed by atoms with E-state index in [-0.39, 0.29) is 23.3 Å². The molecule has 2 fully saturated rings. The summed E-state index contributed by atoms with van der Waals surface area (Å²) in [5.74, 6) is 0.749. The number of morpholine rings is 1. The van der Waals surface area contributed by atoms with Crippen LogP contribution in [-0.2, 0) is 14.8 Å². The minimum absolute atomic E-state index is 0.0818. The first kappa shape index (κ1) is 22.2. The Morgan fingerprint density at radius 2 is 1.84 bits per heavy atom. The monoisotopic (exact) mass is 447 g/mol. The maximum absolute atomic E-state index is 12.9. The number of sulfonamides is 1. The van der Waals surface area contributed by atoms with Crippen LogP contribution in [0.25, 0.3) is 0 Å². The second-order valence-electron chi connectivity index (χ2n) is 7.87. The lowest BCUT2D eigenvalue weighted by molar-refractivity contribution is 0.0730. The van der Waals surface area contributed by atoms with Crippen LogP contribution in [0, 0.1) is 0 Å². The van der Waals surface area contributed by atoms with Gasteiger partial charge in [0.25, 0.3) is 0 Å². The van der Waals surface area contributed by atoms with Gasteiger partial charge in [-0.25, -0.2) is 8.42 Å². The Bertz CT molecular complexity index is 965. The van der Waals surface area contributed by atoms with Gasteiger partial charge in [0.2, 0.25) is 10.0 Å². The van der Waals surface area contributed by atoms with Crippen LogP contribution in [0.5, 0.6) is 0 Å². The number of nitrogens with one attached hydrogen (secondary N) is 1. The number of carbonyl (C=O) groups is 1. The van der Waals surface area contributed by atoms with E-state index in [2.05, 4.69) is 10.2 Å². The molecule has 2 aromatic rings. The van der Waals surface area contributed by atoms with Crippen molar-refractivity contribution in [1.29, 1.82) is 0 Å². The van der Waals surface area contributed by atoms with Crippen molar-refractivity contribution in [2.24, 2.45) is 0 Å². The highest BCUT2D eigenvalue weighted by Crippen LogP contribution is 2.25. The summed E-state index contributed by atoms with van der Waals surface area (Å²) in [5, 5.41) is 3.24. The van der Waals surface area contributed by atoms with E-state index in [9.17, 15) is 13.2 Å². The summed E-state index contributed by atoms with van der Waals surface area (Å²) in [4.78, 5) is 15.3. The molecule has 1 N–H and O–H groups in total. The number of Topliss-reactive ketones (excluding diaryl/α,β-unsaturated/α-hetero) is 1. The van der Waals surface area contributed by atoms with Gasteiger partial charge in [-0.1, -0.05) is 12.1 Å². The Morgan fingerprint density at radius 1 is 1.06 bits per heavy atom. The predicted molar refractivity (Wildman–Crippen MR) is 115 cm³/mol. The average Bonchev–Trinajstić information content (AvgIpc) is 3.52. The number of ether oxygens (including phenoxy) is 1. The second-order valence-corrected chi connectivity index (χ2v) is 9.81. The van der Waals surface area contributed by atoms with Gasteiger partial charge >= 0.3 is 0 Å². The lowest BCUT2D eigenvalue weighted by atomic mass is 10.1. The van der Waals surface area contributed by atoms with Crippen molar-refractivity contribution in [3.63, 3.8) is 0 Å². The van der Waals surface area contributed by atoms with Crippen LogP contribution in [0.4, 0.5) is 0 Å². The zero-order valence-electron chi connectivity index (χ0n) is 17.5. The molecule has 0 aliphatic carbocycles. The standard InChI is InChI=1S/C22H29N3O5S/c26-21(17-23-16-20(22-7-4-12-30-22)24-8-1-2-9-24)18-5-3-6-19(15-18)31(27,28)25-10-13-29-14-11-25/h3-7,12,15,20,23H,1-2,8-11,13-14,16-17H2. The third-order valence-electron chi connectivity index (χ3n) is 5.84. The normalized spacial score (nSPS) is 19.5. The van der Waals surface area contributed by atoms with E-state index in [0.29, 0.717) is 38.4 Å². The van der Waals surface area contributed by atoms with Crippen LogP contribution in [0.1, 0.15) is 35.0 Å². The van der Waals surface area contributed by atoms with Crippen LogP contribution < -0.4 is 5.32 Å². The highest BCUT2D eigenvalue weighted by Gasteiger charge is 2.27. The van der Waals surface area contributed by atoms with E-state index in [0.717, 1.165) is 18.8 Å². The third-order valence-corrected chi connectivity index (χ3v) is 7.73. The number of hydrogen-bond donors (Lipinski definition) is 1. The third kappa shape index (κ3) is 5.24. The molecule has 0 bridgehead atoms. The number of benzene rings is 1. The maximum atomic E-state index is 12.9. The van der Waals surface area contributed by atoms with Gasteiger partial charge in [0, 0.05) is 25.2 Å². The molecule has 9 heteroatoms. The summed E-state index contributed by atoms with van der Waals surface area (Å²) in [6.07, 6.45) is 4.01. The van der Waals surface area contributed by atoms with E-state index < -0.39 is 10.0 Å². The molecule has 0 amide bonds. The summed E-state index contributed by atoms with van der Waals surface area (Å²) >= 11 is 0. The lowest BCUT2D eigenvalue weighted by Gasteiger charge is -2.26. The molecule has 0 spiro atoms. The number of nitrogens with zero attached hydrogens (tertiary/aromatic N) is 2. The van der Waals surface area contributed by atoms with Crippen molar-refractivity contribution in [1.82, 2.24) is 14.5 Å². The first-order valence-corrected chi connectivity index (χ1v) is 12.2. The van der Waals surface area contributed by atoms with Gasteiger partial charge in [-0.2, -0.15) is 4.31 Å². The average molecular weight is 448 g/mol. The topological polar surface area (TPSA) is 92.1 Å². The Balaban J connectivity index is 1.39. The molecule has 2 aliphatic rings. The lowest BCUT2D eigenvalue weighted by Crippen LogP contribution is -2.40. The molecule has 0 saturated carbocycles. The van der Waals surface area contributed by atoms with Crippen molar-refractivity contribution < 1.29 is 22.4 Å². The van der Waals surface area contributed by atoms with Crippen LogP contribution in [0.2, 0.25) is 0 Å². The minimum atomic E-state index is -3.63. The summed E-state index contributed by atoms with van der Waals surface area (Å²) in [6.45, 7) is 4.17. The number of rotatable bonds is 9. The van der Waals surface area contributed by atoms with Gasteiger partial charge in [0.1, 0.15) is 5.76 Å². The number of likely N-dealkylation sites (tertiary alicyclic amines) is 1. The Kier molecular flexibility index (Phi) is 7.19. The molecule has 0 radical (unpaired) electrons. The van der Waals surface area contributed by atoms with Crippen LogP contribution in [0.15, 0.2) is 52.0 Å². The second kappa shape index (κ2) is 10.1.